The van der Waals surface area contributed by atoms with Crippen molar-refractivity contribution in [1.29, 1.82) is 0 Å². The van der Waals surface area contributed by atoms with Gasteiger partial charge in [-0.25, -0.2) is 13.6 Å². The van der Waals surface area contributed by atoms with Crippen molar-refractivity contribution < 1.29 is 13.2 Å². The van der Waals surface area contributed by atoms with E-state index in [1.54, 1.807) is 35.4 Å². The quantitative estimate of drug-likeness (QED) is 0.461. The molecule has 37 heavy (non-hydrogen) atoms. The lowest BCUT2D eigenvalue weighted by atomic mass is 9.87. The minimum absolute atomic E-state index is 0.0956. The molecule has 0 radical (unpaired) electrons. The van der Waals surface area contributed by atoms with Crippen LogP contribution in [0.1, 0.15) is 47.2 Å². The fraction of sp³-hybridized carbons (Fsp3) is 0.300. The second-order valence-electron chi connectivity index (χ2n) is 9.84. The summed E-state index contributed by atoms with van der Waals surface area (Å²) >= 11 is 0. The van der Waals surface area contributed by atoms with E-state index < -0.39 is 10.0 Å². The van der Waals surface area contributed by atoms with E-state index in [-0.39, 0.29) is 16.2 Å². The van der Waals surface area contributed by atoms with Crippen molar-refractivity contribution in [3.05, 3.63) is 101 Å². The Hall–Kier alpha value is -3.26. The molecule has 3 aromatic rings. The number of anilines is 1. The van der Waals surface area contributed by atoms with Gasteiger partial charge in [-0.1, -0.05) is 48.0 Å². The van der Waals surface area contributed by atoms with Gasteiger partial charge < -0.3 is 4.90 Å². The summed E-state index contributed by atoms with van der Waals surface area (Å²) < 4.78 is 23.8. The van der Waals surface area contributed by atoms with Crippen LogP contribution in [0.25, 0.3) is 5.57 Å². The number of carbonyl (C=O) groups is 1. The molecular formula is C30H33N3O3S. The third kappa shape index (κ3) is 5.85. The molecule has 0 atom stereocenters. The molecule has 1 fully saturated rings. The Kier molecular flexibility index (Phi) is 7.55. The largest absolute Gasteiger partial charge is 0.369 e. The van der Waals surface area contributed by atoms with Crippen LogP contribution in [0.3, 0.4) is 0 Å². The van der Waals surface area contributed by atoms with Crippen molar-refractivity contribution in [2.24, 2.45) is 5.14 Å². The highest BCUT2D eigenvalue weighted by Gasteiger charge is 2.23. The molecule has 1 saturated heterocycles. The van der Waals surface area contributed by atoms with E-state index in [0.29, 0.717) is 5.56 Å². The molecule has 1 aliphatic heterocycles. The first-order chi connectivity index (χ1) is 17.9. The molecule has 1 aliphatic carbocycles. The Balaban J connectivity index is 1.23. The van der Waals surface area contributed by atoms with Crippen molar-refractivity contribution in [1.82, 2.24) is 4.90 Å². The van der Waals surface area contributed by atoms with Crippen LogP contribution < -0.4 is 10.0 Å². The standard InChI is InChI=1S/C30H33N3O3S/c31-37(35,36)29-13-7-6-12-28(29)30(34)24-14-16-26(17-15-24)33-20-18-32(19-21-33)22-25-10-4-5-11-27(25)23-8-2-1-3-9-23/h1-3,6-9,12-17H,4-5,10-11,18-22H2,(H2,31,35,36). The van der Waals surface area contributed by atoms with E-state index in [4.69, 9.17) is 5.14 Å². The Bertz CT molecular complexity index is 1390. The van der Waals surface area contributed by atoms with Gasteiger partial charge in [0.15, 0.2) is 5.78 Å². The van der Waals surface area contributed by atoms with Crippen LogP contribution in [0.4, 0.5) is 5.69 Å². The second kappa shape index (κ2) is 11.0. The Morgan fingerprint density at radius 3 is 2.14 bits per heavy atom. The first-order valence-corrected chi connectivity index (χ1v) is 14.4. The number of hydrogen-bond acceptors (Lipinski definition) is 5. The van der Waals surface area contributed by atoms with Crippen LogP contribution in [0.15, 0.2) is 89.3 Å². The van der Waals surface area contributed by atoms with Crippen LogP contribution >= 0.6 is 0 Å². The van der Waals surface area contributed by atoms with Gasteiger partial charge in [0.2, 0.25) is 10.0 Å². The average molecular weight is 516 g/mol. The summed E-state index contributed by atoms with van der Waals surface area (Å²) in [4.78, 5) is 17.8. The molecule has 0 bridgehead atoms. The number of benzene rings is 3. The van der Waals surface area contributed by atoms with Crippen molar-refractivity contribution >= 4 is 27.1 Å². The first-order valence-electron chi connectivity index (χ1n) is 12.9. The average Bonchev–Trinajstić information content (AvgIpc) is 2.93. The van der Waals surface area contributed by atoms with E-state index in [9.17, 15) is 13.2 Å². The number of ketones is 1. The predicted octanol–water partition coefficient (Wildman–Crippen LogP) is 4.71. The zero-order valence-electron chi connectivity index (χ0n) is 21.0. The van der Waals surface area contributed by atoms with Gasteiger partial charge in [0.05, 0.1) is 4.90 Å². The van der Waals surface area contributed by atoms with Gasteiger partial charge in [-0.2, -0.15) is 0 Å². The first kappa shape index (κ1) is 25.4. The Morgan fingerprint density at radius 2 is 1.43 bits per heavy atom. The summed E-state index contributed by atoms with van der Waals surface area (Å²) in [5.74, 6) is -0.351. The number of piperazine rings is 1. The SMILES string of the molecule is NS(=O)(=O)c1ccccc1C(=O)c1ccc(N2CCN(CC3=C(c4ccccc4)CCCC3)CC2)cc1. The lowest BCUT2D eigenvalue weighted by Crippen LogP contribution is -2.47. The lowest BCUT2D eigenvalue weighted by molar-refractivity contribution is 0.103. The molecule has 0 amide bonds. The topological polar surface area (TPSA) is 83.7 Å². The van der Waals surface area contributed by atoms with Crippen LogP contribution in [0, 0.1) is 0 Å². The number of sulfonamides is 1. The molecule has 1 heterocycles. The highest BCUT2D eigenvalue weighted by Crippen LogP contribution is 2.33. The van der Waals surface area contributed by atoms with E-state index >= 15 is 0 Å². The van der Waals surface area contributed by atoms with Crippen molar-refractivity contribution in [3.63, 3.8) is 0 Å². The van der Waals surface area contributed by atoms with Crippen LogP contribution in [0.2, 0.25) is 0 Å². The second-order valence-corrected chi connectivity index (χ2v) is 11.4. The summed E-state index contributed by atoms with van der Waals surface area (Å²) in [5.41, 5.74) is 6.11. The van der Waals surface area contributed by atoms with E-state index in [0.717, 1.165) is 38.4 Å². The van der Waals surface area contributed by atoms with E-state index in [1.807, 2.05) is 12.1 Å². The van der Waals surface area contributed by atoms with Crippen molar-refractivity contribution in [2.45, 2.75) is 30.6 Å². The van der Waals surface area contributed by atoms with Gasteiger partial charge in [0.1, 0.15) is 0 Å². The molecule has 6 nitrogen and oxygen atoms in total. The number of primary sulfonamides is 1. The number of hydrogen-bond donors (Lipinski definition) is 1. The van der Waals surface area contributed by atoms with Gasteiger partial charge in [-0.3, -0.25) is 9.69 Å². The smallest absolute Gasteiger partial charge is 0.238 e. The molecule has 0 saturated carbocycles. The Morgan fingerprint density at radius 1 is 0.784 bits per heavy atom. The summed E-state index contributed by atoms with van der Waals surface area (Å²) in [7, 11) is -3.98. The monoisotopic (exact) mass is 515 g/mol. The zero-order chi connectivity index (χ0) is 25.8. The van der Waals surface area contributed by atoms with Crippen molar-refractivity contribution in [2.75, 3.05) is 37.6 Å². The van der Waals surface area contributed by atoms with Crippen LogP contribution in [-0.4, -0.2) is 51.8 Å². The molecule has 7 heteroatoms. The minimum atomic E-state index is -3.98. The molecule has 0 spiro atoms. The summed E-state index contributed by atoms with van der Waals surface area (Å²) in [6, 6.07) is 24.3. The molecule has 192 valence electrons. The van der Waals surface area contributed by atoms with Gasteiger partial charge >= 0.3 is 0 Å². The normalized spacial score (nSPS) is 17.2. The molecule has 2 aliphatic rings. The fourth-order valence-corrected chi connectivity index (χ4v) is 6.18. The predicted molar refractivity (Wildman–Crippen MR) is 148 cm³/mol. The molecule has 5 rings (SSSR count). The van der Waals surface area contributed by atoms with Gasteiger partial charge in [0.25, 0.3) is 0 Å². The zero-order valence-corrected chi connectivity index (χ0v) is 21.8. The lowest BCUT2D eigenvalue weighted by Gasteiger charge is -2.37. The number of nitrogens with zero attached hydrogens (tertiary/aromatic N) is 2. The van der Waals surface area contributed by atoms with Crippen LogP contribution in [0.5, 0.6) is 0 Å². The maximum absolute atomic E-state index is 13.0. The third-order valence-corrected chi connectivity index (χ3v) is 8.39. The molecule has 3 aromatic carbocycles. The molecule has 0 aromatic heterocycles. The summed E-state index contributed by atoms with van der Waals surface area (Å²) in [5, 5.41) is 5.31. The molecule has 0 unspecified atom stereocenters. The summed E-state index contributed by atoms with van der Waals surface area (Å²) in [6.07, 6.45) is 4.91. The number of nitrogens with two attached hydrogens (primary N) is 1. The minimum Gasteiger partial charge on any atom is -0.369 e. The van der Waals surface area contributed by atoms with Gasteiger partial charge in [0, 0.05) is 49.5 Å². The van der Waals surface area contributed by atoms with Gasteiger partial charge in [-0.05, 0) is 73.2 Å². The van der Waals surface area contributed by atoms with E-state index in [1.165, 1.54) is 43.4 Å². The maximum Gasteiger partial charge on any atom is 0.238 e. The fourth-order valence-electron chi connectivity index (χ4n) is 5.45. The third-order valence-electron chi connectivity index (χ3n) is 7.42. The highest BCUT2D eigenvalue weighted by atomic mass is 32.2. The van der Waals surface area contributed by atoms with E-state index in [2.05, 4.69) is 40.1 Å². The van der Waals surface area contributed by atoms with Crippen molar-refractivity contribution in [3.8, 4) is 0 Å². The van der Waals surface area contributed by atoms with Gasteiger partial charge in [-0.15, -0.1) is 0 Å². The number of carbonyl (C=O) groups excluding carboxylic acids is 1. The molecular weight excluding hydrogens is 482 g/mol. The maximum atomic E-state index is 13.0. The Labute approximate surface area is 219 Å². The molecule has 2 N–H and O–H groups in total. The van der Waals surface area contributed by atoms with Crippen LogP contribution in [-0.2, 0) is 10.0 Å². The summed E-state index contributed by atoms with van der Waals surface area (Å²) in [6.45, 7) is 4.88. The number of allylic oxidation sites excluding steroid dienone is 1. The number of rotatable bonds is 7. The highest BCUT2D eigenvalue weighted by molar-refractivity contribution is 7.89.